The van der Waals surface area contributed by atoms with E-state index in [9.17, 15) is 14.7 Å². The van der Waals surface area contributed by atoms with Gasteiger partial charge in [-0.25, -0.2) is 4.98 Å². The number of anilines is 1. The summed E-state index contributed by atoms with van der Waals surface area (Å²) in [4.78, 5) is 30.4. The first-order chi connectivity index (χ1) is 19.6. The molecule has 5 rings (SSSR count). The lowest BCUT2D eigenvalue weighted by Gasteiger charge is -2.35. The Morgan fingerprint density at radius 3 is 2.24 bits per heavy atom. The second-order valence-corrected chi connectivity index (χ2v) is 11.5. The molecule has 1 saturated carbocycles. The Hall–Kier alpha value is -3.62. The Bertz CT molecular complexity index is 1500. The highest BCUT2D eigenvalue weighted by molar-refractivity contribution is 7.78. The van der Waals surface area contributed by atoms with Crippen molar-refractivity contribution in [2.45, 2.75) is 51.9 Å². The van der Waals surface area contributed by atoms with Gasteiger partial charge in [-0.2, -0.15) is 0 Å². The molecule has 4 aromatic rings. The number of amides is 1. The van der Waals surface area contributed by atoms with Crippen molar-refractivity contribution >= 4 is 41.4 Å². The van der Waals surface area contributed by atoms with Gasteiger partial charge in [0, 0.05) is 12.7 Å². The van der Waals surface area contributed by atoms with Crippen molar-refractivity contribution in [1.29, 1.82) is 0 Å². The average molecular weight is 573 g/mol. The topological polar surface area (TPSA) is 96.2 Å². The molecule has 1 aromatic heterocycles. The molecule has 0 bridgehead atoms. The van der Waals surface area contributed by atoms with Gasteiger partial charge in [0.05, 0.1) is 22.9 Å². The van der Waals surface area contributed by atoms with E-state index in [-0.39, 0.29) is 11.8 Å². The molecule has 3 N–H and O–H groups in total. The number of nitrogens with zero attached hydrogens (tertiary/aromatic N) is 2. The number of aliphatic carboxylic acids is 1. The van der Waals surface area contributed by atoms with E-state index in [4.69, 9.17) is 0 Å². The first-order valence-corrected chi connectivity index (χ1v) is 14.6. The molecule has 1 aliphatic rings. The molecule has 216 valence electrons. The highest BCUT2D eigenvalue weighted by atomic mass is 32.1. The first kappa shape index (κ1) is 30.3. The summed E-state index contributed by atoms with van der Waals surface area (Å²) in [6.07, 6.45) is 2.14. The van der Waals surface area contributed by atoms with Crippen molar-refractivity contribution in [3.05, 3.63) is 83.7 Å². The van der Waals surface area contributed by atoms with Gasteiger partial charge in [0.25, 0.3) is 0 Å². The third-order valence-electron chi connectivity index (χ3n) is 8.14. The zero-order valence-corrected chi connectivity index (χ0v) is 25.3. The van der Waals surface area contributed by atoms with E-state index >= 15 is 0 Å². The third kappa shape index (κ3) is 6.82. The predicted molar refractivity (Wildman–Crippen MR) is 169 cm³/mol. The van der Waals surface area contributed by atoms with Gasteiger partial charge in [0.1, 0.15) is 5.82 Å². The number of fused-ring (bicyclic) bond motifs is 1. The number of hydrogen-bond acceptors (Lipinski definition) is 5. The Morgan fingerprint density at radius 1 is 1.00 bits per heavy atom. The molecule has 1 aliphatic carbocycles. The van der Waals surface area contributed by atoms with E-state index in [0.717, 1.165) is 46.4 Å². The fourth-order valence-corrected chi connectivity index (χ4v) is 5.82. The molecule has 1 heterocycles. The third-order valence-corrected chi connectivity index (χ3v) is 8.14. The minimum Gasteiger partial charge on any atom is -0.481 e. The number of aryl methyl sites for hydroxylation is 2. The molecule has 0 saturated heterocycles. The summed E-state index contributed by atoms with van der Waals surface area (Å²) >= 11 is 3.54. The van der Waals surface area contributed by atoms with Gasteiger partial charge in [-0.15, -0.1) is 0 Å². The van der Waals surface area contributed by atoms with Crippen molar-refractivity contribution < 1.29 is 14.7 Å². The van der Waals surface area contributed by atoms with Crippen LogP contribution in [0.2, 0.25) is 0 Å². The first-order valence-electron chi connectivity index (χ1n) is 14.1. The highest BCUT2D eigenvalue weighted by Crippen LogP contribution is 2.42. The number of rotatable bonds is 6. The number of carbonyl (C=O) groups is 2. The number of carboxylic acids is 1. The Morgan fingerprint density at radius 2 is 1.63 bits per heavy atom. The van der Waals surface area contributed by atoms with E-state index in [0.29, 0.717) is 18.0 Å². The van der Waals surface area contributed by atoms with Crippen molar-refractivity contribution in [2.75, 3.05) is 12.4 Å². The monoisotopic (exact) mass is 572 g/mol. The van der Waals surface area contributed by atoms with Crippen molar-refractivity contribution in [3.63, 3.8) is 0 Å². The lowest BCUT2D eigenvalue weighted by molar-refractivity contribution is -0.148. The van der Waals surface area contributed by atoms with Gasteiger partial charge in [-0.1, -0.05) is 75.5 Å². The van der Waals surface area contributed by atoms with Crippen LogP contribution >= 0.6 is 12.8 Å². The molecular weight excluding hydrogens is 532 g/mol. The number of hydrogen-bond donors (Lipinski definition) is 4. The zero-order chi connectivity index (χ0) is 29.7. The van der Waals surface area contributed by atoms with E-state index in [1.165, 1.54) is 5.56 Å². The number of carbonyl (C=O) groups excluding carboxylic acids is 1. The van der Waals surface area contributed by atoms with Crippen LogP contribution in [0.25, 0.3) is 22.2 Å². The summed E-state index contributed by atoms with van der Waals surface area (Å²) in [6.45, 7) is 6.24. The van der Waals surface area contributed by atoms with E-state index in [2.05, 4.69) is 64.5 Å². The van der Waals surface area contributed by atoms with Crippen LogP contribution in [0.15, 0.2) is 66.7 Å². The Labute approximate surface area is 247 Å². The van der Waals surface area contributed by atoms with Crippen molar-refractivity contribution in [3.8, 4) is 11.1 Å². The molecule has 1 fully saturated rings. The number of aromatic nitrogens is 2. The SMILES string of the molecule is CNS.Cc1nc2cc(-c3ccc(C4CCCC(C(=O)Nc5ccc(C(C)C)cc5)C4C(=O)O)cc3)ccc2n1C. The minimum absolute atomic E-state index is 0.213. The van der Waals surface area contributed by atoms with Gasteiger partial charge in [0.2, 0.25) is 5.91 Å². The van der Waals surface area contributed by atoms with Crippen LogP contribution in [0.4, 0.5) is 5.69 Å². The number of benzene rings is 3. The molecule has 0 aliphatic heterocycles. The molecule has 8 heteroatoms. The van der Waals surface area contributed by atoms with Crippen LogP contribution in [0.1, 0.15) is 61.9 Å². The van der Waals surface area contributed by atoms with Crippen LogP contribution in [0.5, 0.6) is 0 Å². The molecule has 41 heavy (non-hydrogen) atoms. The van der Waals surface area contributed by atoms with E-state index < -0.39 is 17.8 Å². The smallest absolute Gasteiger partial charge is 0.307 e. The predicted octanol–water partition coefficient (Wildman–Crippen LogP) is 6.95. The molecule has 3 unspecified atom stereocenters. The van der Waals surface area contributed by atoms with Gasteiger partial charge in [-0.05, 0) is 85.2 Å². The maximum atomic E-state index is 13.3. The largest absolute Gasteiger partial charge is 0.481 e. The van der Waals surface area contributed by atoms with Gasteiger partial charge < -0.3 is 15.0 Å². The summed E-state index contributed by atoms with van der Waals surface area (Å²) in [6, 6.07) is 22.2. The number of nitrogens with one attached hydrogen (secondary N) is 2. The van der Waals surface area contributed by atoms with E-state index in [1.54, 1.807) is 7.05 Å². The van der Waals surface area contributed by atoms with Gasteiger partial charge in [-0.3, -0.25) is 14.3 Å². The minimum atomic E-state index is -0.912. The fraction of sp³-hybridized carbons (Fsp3) is 0.364. The molecule has 1 amide bonds. The van der Waals surface area contributed by atoms with Crippen molar-refractivity contribution in [1.82, 2.24) is 14.3 Å². The van der Waals surface area contributed by atoms with Crippen LogP contribution in [-0.4, -0.2) is 33.6 Å². The lowest BCUT2D eigenvalue weighted by atomic mass is 9.69. The maximum Gasteiger partial charge on any atom is 0.307 e. The second kappa shape index (κ2) is 13.4. The van der Waals surface area contributed by atoms with Crippen LogP contribution in [-0.2, 0) is 16.6 Å². The number of thiol groups is 1. The normalized spacial score (nSPS) is 18.6. The van der Waals surface area contributed by atoms with Crippen molar-refractivity contribution in [2.24, 2.45) is 18.9 Å². The Kier molecular flexibility index (Phi) is 9.89. The maximum absolute atomic E-state index is 13.3. The summed E-state index contributed by atoms with van der Waals surface area (Å²) in [7, 11) is 3.75. The fourth-order valence-electron chi connectivity index (χ4n) is 5.82. The van der Waals surface area contributed by atoms with Gasteiger partial charge in [0.15, 0.2) is 0 Å². The molecular formula is C33H40N4O3S. The summed E-state index contributed by atoms with van der Waals surface area (Å²) in [5.74, 6) is -1.31. The molecule has 3 aromatic carbocycles. The van der Waals surface area contributed by atoms with Crippen LogP contribution in [0.3, 0.4) is 0 Å². The number of carboxylic acid groups (broad SMARTS) is 1. The summed E-state index contributed by atoms with van der Waals surface area (Å²) in [5.41, 5.74) is 7.04. The second-order valence-electron chi connectivity index (χ2n) is 11.0. The van der Waals surface area contributed by atoms with Gasteiger partial charge >= 0.3 is 5.97 Å². The van der Waals surface area contributed by atoms with Crippen LogP contribution < -0.4 is 10.0 Å². The van der Waals surface area contributed by atoms with Crippen LogP contribution in [0, 0.1) is 18.8 Å². The Balaban J connectivity index is 0.00000124. The lowest BCUT2D eigenvalue weighted by Crippen LogP contribution is -2.40. The zero-order valence-electron chi connectivity index (χ0n) is 24.4. The molecule has 0 radical (unpaired) electrons. The molecule has 0 spiro atoms. The quantitative estimate of drug-likeness (QED) is 0.188. The summed E-state index contributed by atoms with van der Waals surface area (Å²) < 4.78 is 4.52. The average Bonchev–Trinajstić information content (AvgIpc) is 3.25. The summed E-state index contributed by atoms with van der Waals surface area (Å²) in [5, 5.41) is 13.2. The standard InChI is InChI=1S/C32H35N3O3.CH5NS/c1-19(2)21-12-15-25(16-13-21)34-31(36)27-7-5-6-26(30(27)32(37)38)23-10-8-22(9-11-23)24-14-17-29-28(18-24)33-20(3)35(29)4;1-2-3/h8-19,26-27,30H,5-7H2,1-4H3,(H,34,36)(H,37,38);2-3H,1H3. The van der Waals surface area contributed by atoms with E-state index in [1.807, 2.05) is 62.5 Å². The molecule has 3 atom stereocenters. The highest BCUT2D eigenvalue weighted by Gasteiger charge is 2.42. The number of imidazole rings is 1. The molecule has 7 nitrogen and oxygen atoms in total.